The molecule has 3 nitrogen and oxygen atoms in total. The van der Waals surface area contributed by atoms with Gasteiger partial charge in [0.2, 0.25) is 0 Å². The molecule has 1 heterocycles. The summed E-state index contributed by atoms with van der Waals surface area (Å²) in [5.74, 6) is 0.527. The van der Waals surface area contributed by atoms with Crippen molar-refractivity contribution in [3.8, 4) is 5.75 Å². The van der Waals surface area contributed by atoms with Gasteiger partial charge in [-0.05, 0) is 63.0 Å². The topological polar surface area (TPSA) is 24.5 Å². The summed E-state index contributed by atoms with van der Waals surface area (Å²) in [5.41, 5.74) is 0. The van der Waals surface area contributed by atoms with Gasteiger partial charge in [0.15, 0.2) is 0 Å². The highest BCUT2D eigenvalue weighted by molar-refractivity contribution is 5.21. The zero-order valence-electron chi connectivity index (χ0n) is 13.0. The fourth-order valence-corrected chi connectivity index (χ4v) is 2.90. The Morgan fingerprint density at radius 1 is 1.29 bits per heavy atom. The fraction of sp³-hybridized carbons (Fsp3) is 0.647. The van der Waals surface area contributed by atoms with Crippen LogP contribution >= 0.6 is 0 Å². The molecule has 21 heavy (non-hydrogen) atoms. The maximum absolute atomic E-state index is 12.8. The molecule has 1 fully saturated rings. The van der Waals surface area contributed by atoms with Gasteiger partial charge in [0.25, 0.3) is 0 Å². The van der Waals surface area contributed by atoms with Crippen molar-refractivity contribution < 1.29 is 9.13 Å². The molecule has 1 aliphatic heterocycles. The van der Waals surface area contributed by atoms with Crippen LogP contribution in [0.2, 0.25) is 0 Å². The van der Waals surface area contributed by atoms with E-state index < -0.39 is 0 Å². The number of nitrogens with one attached hydrogen (secondary N) is 1. The third kappa shape index (κ3) is 5.64. The molecule has 1 aliphatic rings. The van der Waals surface area contributed by atoms with E-state index in [0.717, 1.165) is 38.3 Å². The number of halogens is 1. The maximum atomic E-state index is 12.8. The number of rotatable bonds is 8. The normalized spacial score (nSPS) is 18.9. The van der Waals surface area contributed by atoms with Crippen molar-refractivity contribution in [1.29, 1.82) is 0 Å². The summed E-state index contributed by atoms with van der Waals surface area (Å²) in [6.45, 7) is 7.41. The van der Waals surface area contributed by atoms with Crippen LogP contribution in [-0.4, -0.2) is 43.7 Å². The summed E-state index contributed by atoms with van der Waals surface area (Å²) in [4.78, 5) is 2.58. The molecule has 1 unspecified atom stereocenters. The molecule has 1 N–H and O–H groups in total. The Morgan fingerprint density at radius 3 is 2.76 bits per heavy atom. The summed E-state index contributed by atoms with van der Waals surface area (Å²) in [5, 5.41) is 3.49. The Bertz CT molecular complexity index is 390. The fourth-order valence-electron chi connectivity index (χ4n) is 2.90. The van der Waals surface area contributed by atoms with E-state index in [4.69, 9.17) is 4.74 Å². The lowest BCUT2D eigenvalue weighted by Crippen LogP contribution is -2.46. The van der Waals surface area contributed by atoms with E-state index in [1.165, 1.54) is 31.4 Å². The molecule has 0 aromatic heterocycles. The number of benzene rings is 1. The number of nitrogens with zero attached hydrogens (tertiary/aromatic N) is 1. The number of hydrogen-bond acceptors (Lipinski definition) is 3. The number of ether oxygens (including phenoxy) is 1. The van der Waals surface area contributed by atoms with E-state index in [2.05, 4.69) is 17.1 Å². The Hall–Kier alpha value is -1.13. The minimum absolute atomic E-state index is 0.221. The third-order valence-corrected chi connectivity index (χ3v) is 3.97. The van der Waals surface area contributed by atoms with E-state index in [-0.39, 0.29) is 5.82 Å². The van der Waals surface area contributed by atoms with Crippen molar-refractivity contribution in [3.05, 3.63) is 30.1 Å². The second-order valence-corrected chi connectivity index (χ2v) is 5.69. The first-order valence-electron chi connectivity index (χ1n) is 8.12. The van der Waals surface area contributed by atoms with Crippen LogP contribution in [0.3, 0.4) is 0 Å². The Morgan fingerprint density at radius 2 is 2.10 bits per heavy atom. The SMILES string of the molecule is CCCN(CCCOc1ccc(F)cc1)C1CCCNC1. The van der Waals surface area contributed by atoms with Crippen LogP contribution in [0.1, 0.15) is 32.6 Å². The molecule has 2 rings (SSSR count). The first-order chi connectivity index (χ1) is 10.3. The van der Waals surface area contributed by atoms with Gasteiger partial charge in [0.1, 0.15) is 11.6 Å². The predicted octanol–water partition coefficient (Wildman–Crippen LogP) is 3.06. The number of piperidine rings is 1. The molecular formula is C17H27FN2O. The summed E-state index contributed by atoms with van der Waals surface area (Å²) < 4.78 is 18.5. The molecule has 0 bridgehead atoms. The summed E-state index contributed by atoms with van der Waals surface area (Å²) in [6, 6.07) is 6.91. The van der Waals surface area contributed by atoms with E-state index in [0.29, 0.717) is 12.6 Å². The second-order valence-electron chi connectivity index (χ2n) is 5.69. The first kappa shape index (κ1) is 16.2. The van der Waals surface area contributed by atoms with Crippen LogP contribution < -0.4 is 10.1 Å². The van der Waals surface area contributed by atoms with Crippen molar-refractivity contribution >= 4 is 0 Å². The van der Waals surface area contributed by atoms with Crippen molar-refractivity contribution in [3.63, 3.8) is 0 Å². The highest BCUT2D eigenvalue weighted by atomic mass is 19.1. The van der Waals surface area contributed by atoms with Crippen LogP contribution in [-0.2, 0) is 0 Å². The van der Waals surface area contributed by atoms with E-state index in [1.54, 1.807) is 12.1 Å². The van der Waals surface area contributed by atoms with Gasteiger partial charge in [-0.1, -0.05) is 6.92 Å². The van der Waals surface area contributed by atoms with Gasteiger partial charge in [-0.2, -0.15) is 0 Å². The van der Waals surface area contributed by atoms with Crippen LogP contribution in [0.5, 0.6) is 5.75 Å². The van der Waals surface area contributed by atoms with Gasteiger partial charge in [-0.15, -0.1) is 0 Å². The van der Waals surface area contributed by atoms with Crippen LogP contribution in [0.25, 0.3) is 0 Å². The van der Waals surface area contributed by atoms with Crippen molar-refractivity contribution in [2.24, 2.45) is 0 Å². The van der Waals surface area contributed by atoms with E-state index in [9.17, 15) is 4.39 Å². The molecular weight excluding hydrogens is 267 g/mol. The van der Waals surface area contributed by atoms with Crippen molar-refractivity contribution in [1.82, 2.24) is 10.2 Å². The zero-order valence-corrected chi connectivity index (χ0v) is 13.0. The first-order valence-corrected chi connectivity index (χ1v) is 8.12. The third-order valence-electron chi connectivity index (χ3n) is 3.97. The van der Waals surface area contributed by atoms with Crippen LogP contribution in [0.4, 0.5) is 4.39 Å². The predicted molar refractivity (Wildman–Crippen MR) is 84.3 cm³/mol. The van der Waals surface area contributed by atoms with E-state index in [1.807, 2.05) is 0 Å². The molecule has 0 saturated carbocycles. The van der Waals surface area contributed by atoms with Gasteiger partial charge in [-0.3, -0.25) is 4.90 Å². The molecule has 0 radical (unpaired) electrons. The molecule has 118 valence electrons. The Labute approximate surface area is 127 Å². The zero-order chi connectivity index (χ0) is 14.9. The molecule has 0 spiro atoms. The van der Waals surface area contributed by atoms with Crippen LogP contribution in [0.15, 0.2) is 24.3 Å². The molecule has 0 aliphatic carbocycles. The van der Waals surface area contributed by atoms with Crippen molar-refractivity contribution in [2.45, 2.75) is 38.6 Å². The lowest BCUT2D eigenvalue weighted by Gasteiger charge is -2.34. The van der Waals surface area contributed by atoms with Gasteiger partial charge in [0, 0.05) is 19.1 Å². The van der Waals surface area contributed by atoms with Gasteiger partial charge >= 0.3 is 0 Å². The van der Waals surface area contributed by atoms with E-state index >= 15 is 0 Å². The van der Waals surface area contributed by atoms with Crippen LogP contribution in [0, 0.1) is 5.82 Å². The monoisotopic (exact) mass is 294 g/mol. The summed E-state index contributed by atoms with van der Waals surface area (Å²) in [6.07, 6.45) is 4.77. The Kier molecular flexibility index (Phi) is 6.96. The molecule has 1 saturated heterocycles. The highest BCUT2D eigenvalue weighted by Crippen LogP contribution is 2.13. The van der Waals surface area contributed by atoms with Gasteiger partial charge < -0.3 is 10.1 Å². The standard InChI is InChI=1S/C17H27FN2O/c1-2-11-20(16-5-3-10-19-14-16)12-4-13-21-17-8-6-15(18)7-9-17/h6-9,16,19H,2-5,10-14H2,1H3. The highest BCUT2D eigenvalue weighted by Gasteiger charge is 2.19. The average molecular weight is 294 g/mol. The largest absolute Gasteiger partial charge is 0.494 e. The quantitative estimate of drug-likeness (QED) is 0.746. The minimum atomic E-state index is -0.221. The van der Waals surface area contributed by atoms with Crippen molar-refractivity contribution in [2.75, 3.05) is 32.8 Å². The molecule has 4 heteroatoms. The summed E-state index contributed by atoms with van der Waals surface area (Å²) in [7, 11) is 0. The van der Waals surface area contributed by atoms with Gasteiger partial charge in [0.05, 0.1) is 6.61 Å². The minimum Gasteiger partial charge on any atom is -0.494 e. The molecule has 1 atom stereocenters. The smallest absolute Gasteiger partial charge is 0.123 e. The Balaban J connectivity index is 1.70. The summed E-state index contributed by atoms with van der Waals surface area (Å²) >= 11 is 0. The van der Waals surface area contributed by atoms with Gasteiger partial charge in [-0.25, -0.2) is 4.39 Å². The molecule has 1 aromatic rings. The molecule has 1 aromatic carbocycles. The molecule has 0 amide bonds. The number of hydrogen-bond donors (Lipinski definition) is 1. The second kappa shape index (κ2) is 9.00. The lowest BCUT2D eigenvalue weighted by atomic mass is 10.1. The lowest BCUT2D eigenvalue weighted by molar-refractivity contribution is 0.153. The maximum Gasteiger partial charge on any atom is 0.123 e. The average Bonchev–Trinajstić information content (AvgIpc) is 2.53.